The van der Waals surface area contributed by atoms with Crippen LogP contribution < -0.4 is 21.3 Å². The number of imidazole rings is 2. The summed E-state index contributed by atoms with van der Waals surface area (Å²) in [5, 5.41) is 12.0. The molecule has 290 valence electrons. The van der Waals surface area contributed by atoms with Gasteiger partial charge in [-0.2, -0.15) is 0 Å². The largest absolute Gasteiger partial charge is 0.453 e. The van der Waals surface area contributed by atoms with Gasteiger partial charge in [-0.05, 0) is 45.9 Å². The lowest BCUT2D eigenvalue weighted by molar-refractivity contribution is -0.335. The summed E-state index contributed by atoms with van der Waals surface area (Å²) < 4.78 is 15.3. The van der Waals surface area contributed by atoms with Crippen LogP contribution in [0.2, 0.25) is 0 Å². The molecule has 4 atom stereocenters. The number of amides is 3. The van der Waals surface area contributed by atoms with E-state index in [1.807, 2.05) is 79.7 Å². The third-order valence-corrected chi connectivity index (χ3v) is 9.55. The fourth-order valence-corrected chi connectivity index (χ4v) is 6.23. The fraction of sp³-hybridized carbons (Fsp3) is 0.475. The van der Waals surface area contributed by atoms with Crippen LogP contribution in [0.25, 0.3) is 33.6 Å². The standard InChI is InChI=1S/C40H54N8O6/c1-21(2)31(45-37(49)33(23(5)6)47-39(51)52-9)35-41-18-29(43-35)27-14-10-25(11-15-27)26-12-16-28(17-13-26)30-19-42-36(44-30)32(22(3)4)46-38(50)34(24(7)8)48-40-53-20-54-40/h10-19,21-24,31-34,40,48H,20H2,1-9H3,(H,41,43)(H,42,44)(H,45,49)(H,46,50)(H,47,51)/t31-,32-,33-,34-/m0/s1. The van der Waals surface area contributed by atoms with Crippen LogP contribution in [0.5, 0.6) is 0 Å². The molecule has 14 heteroatoms. The molecule has 0 radical (unpaired) electrons. The van der Waals surface area contributed by atoms with Gasteiger partial charge in [0.05, 0.1) is 49.0 Å². The predicted molar refractivity (Wildman–Crippen MR) is 205 cm³/mol. The van der Waals surface area contributed by atoms with Gasteiger partial charge in [0.2, 0.25) is 18.2 Å². The van der Waals surface area contributed by atoms with E-state index in [-0.39, 0.29) is 48.3 Å². The summed E-state index contributed by atoms with van der Waals surface area (Å²) in [5.41, 5.74) is 5.70. The highest BCUT2D eigenvalue weighted by Crippen LogP contribution is 2.29. The molecule has 0 saturated carbocycles. The highest BCUT2D eigenvalue weighted by molar-refractivity contribution is 5.86. The Morgan fingerprint density at radius 1 is 0.630 bits per heavy atom. The Morgan fingerprint density at radius 3 is 1.39 bits per heavy atom. The molecule has 1 saturated heterocycles. The number of carbonyl (C=O) groups excluding carboxylic acids is 3. The van der Waals surface area contributed by atoms with Crippen molar-refractivity contribution >= 4 is 17.9 Å². The summed E-state index contributed by atoms with van der Waals surface area (Å²) in [6, 6.07) is 14.5. The zero-order valence-electron chi connectivity index (χ0n) is 32.5. The molecule has 54 heavy (non-hydrogen) atoms. The molecule has 0 unspecified atom stereocenters. The first kappa shape index (κ1) is 40.1. The zero-order valence-corrected chi connectivity index (χ0v) is 32.5. The molecule has 3 amide bonds. The van der Waals surface area contributed by atoms with E-state index in [0.29, 0.717) is 11.6 Å². The molecule has 6 N–H and O–H groups in total. The number of nitrogens with zero attached hydrogens (tertiary/aromatic N) is 2. The molecule has 3 heterocycles. The van der Waals surface area contributed by atoms with Crippen LogP contribution in [0.3, 0.4) is 0 Å². The first-order valence-electron chi connectivity index (χ1n) is 18.5. The average Bonchev–Trinajstić information content (AvgIpc) is 3.82. The third kappa shape index (κ3) is 9.73. The lowest BCUT2D eigenvalue weighted by Gasteiger charge is -2.33. The van der Waals surface area contributed by atoms with E-state index in [1.165, 1.54) is 7.11 Å². The summed E-state index contributed by atoms with van der Waals surface area (Å²) in [6.45, 7) is 16.0. The smallest absolute Gasteiger partial charge is 0.407 e. The number of H-pyrrole nitrogens is 2. The van der Waals surface area contributed by atoms with Crippen LogP contribution in [0.15, 0.2) is 60.9 Å². The minimum atomic E-state index is -0.752. The van der Waals surface area contributed by atoms with E-state index in [1.54, 1.807) is 12.4 Å². The zero-order chi connectivity index (χ0) is 39.1. The SMILES string of the molecule is COC(=O)N[C@H](C(=O)N[C@H](c1ncc(-c2ccc(-c3ccc(-c4cnc([C@@H](NC(=O)[C@@H](NC5OCO5)C(C)C)C(C)C)[nH]4)cc3)cc2)[nH]1)C(C)C)C(C)C. The molecule has 14 nitrogen and oxygen atoms in total. The number of ether oxygens (including phenoxy) is 3. The van der Waals surface area contributed by atoms with Gasteiger partial charge in [0, 0.05) is 0 Å². The first-order valence-corrected chi connectivity index (χ1v) is 18.5. The number of carbonyl (C=O) groups is 3. The van der Waals surface area contributed by atoms with Gasteiger partial charge >= 0.3 is 6.09 Å². The van der Waals surface area contributed by atoms with Gasteiger partial charge < -0.3 is 40.1 Å². The number of benzene rings is 2. The number of alkyl carbamates (subject to hydrolysis) is 1. The maximum Gasteiger partial charge on any atom is 0.407 e. The number of hydrogen-bond acceptors (Lipinski definition) is 9. The molecule has 0 bridgehead atoms. The van der Waals surface area contributed by atoms with Gasteiger partial charge in [0.1, 0.15) is 17.7 Å². The van der Waals surface area contributed by atoms with Crippen LogP contribution in [0.1, 0.15) is 79.1 Å². The van der Waals surface area contributed by atoms with Crippen LogP contribution in [-0.2, 0) is 23.8 Å². The third-order valence-electron chi connectivity index (χ3n) is 9.55. The molecule has 1 aliphatic rings. The quantitative estimate of drug-likeness (QED) is 0.0797. The van der Waals surface area contributed by atoms with Crippen LogP contribution in [0.4, 0.5) is 4.79 Å². The van der Waals surface area contributed by atoms with E-state index in [2.05, 4.69) is 65.5 Å². The average molecular weight is 743 g/mol. The van der Waals surface area contributed by atoms with Gasteiger partial charge in [-0.3, -0.25) is 14.9 Å². The molecule has 2 aromatic carbocycles. The minimum absolute atomic E-state index is 0.0252. The number of methoxy groups -OCH3 is 1. The van der Waals surface area contributed by atoms with Crippen molar-refractivity contribution in [3.8, 4) is 33.6 Å². The molecular formula is C40H54N8O6. The molecule has 1 fully saturated rings. The second kappa shape index (κ2) is 17.9. The number of hydrogen-bond donors (Lipinski definition) is 6. The van der Waals surface area contributed by atoms with Crippen LogP contribution in [-0.4, -0.2) is 70.2 Å². The maximum atomic E-state index is 13.3. The number of aromatic amines is 2. The second-order valence-electron chi connectivity index (χ2n) is 15.0. The molecule has 2 aromatic heterocycles. The summed E-state index contributed by atoms with van der Waals surface area (Å²) in [6.07, 6.45) is 2.33. The Morgan fingerprint density at radius 2 is 1.04 bits per heavy atom. The second-order valence-corrected chi connectivity index (χ2v) is 15.0. The van der Waals surface area contributed by atoms with Crippen molar-refractivity contribution in [2.75, 3.05) is 13.9 Å². The summed E-state index contributed by atoms with van der Waals surface area (Å²) >= 11 is 0. The summed E-state index contributed by atoms with van der Waals surface area (Å²) in [5.74, 6) is 0.871. The molecular weight excluding hydrogens is 688 g/mol. The Balaban J connectivity index is 1.24. The Hall–Kier alpha value is -5.05. The molecule has 4 aromatic rings. The van der Waals surface area contributed by atoms with Gasteiger partial charge in [-0.1, -0.05) is 104 Å². The van der Waals surface area contributed by atoms with Crippen molar-refractivity contribution in [3.05, 3.63) is 72.6 Å². The van der Waals surface area contributed by atoms with E-state index in [0.717, 1.165) is 33.6 Å². The number of rotatable bonds is 16. The monoisotopic (exact) mass is 742 g/mol. The molecule has 0 aliphatic carbocycles. The summed E-state index contributed by atoms with van der Waals surface area (Å²) in [7, 11) is 1.27. The number of aromatic nitrogens is 4. The van der Waals surface area contributed by atoms with Gasteiger partial charge in [-0.25, -0.2) is 14.8 Å². The van der Waals surface area contributed by atoms with Crippen LogP contribution in [0, 0.1) is 23.7 Å². The topological polar surface area (TPSA) is 184 Å². The minimum Gasteiger partial charge on any atom is -0.453 e. The van der Waals surface area contributed by atoms with Gasteiger partial charge in [0.15, 0.2) is 6.79 Å². The normalized spacial score (nSPS) is 15.5. The summed E-state index contributed by atoms with van der Waals surface area (Å²) in [4.78, 5) is 54.4. The van der Waals surface area contributed by atoms with Crippen molar-refractivity contribution in [2.24, 2.45) is 23.7 Å². The van der Waals surface area contributed by atoms with Gasteiger partial charge in [0.25, 0.3) is 0 Å². The van der Waals surface area contributed by atoms with Crippen molar-refractivity contribution in [3.63, 3.8) is 0 Å². The Bertz CT molecular complexity index is 1850. The van der Waals surface area contributed by atoms with E-state index in [9.17, 15) is 14.4 Å². The highest BCUT2D eigenvalue weighted by Gasteiger charge is 2.32. The predicted octanol–water partition coefficient (Wildman–Crippen LogP) is 6.04. The highest BCUT2D eigenvalue weighted by atomic mass is 16.9. The molecule has 1 aliphatic heterocycles. The van der Waals surface area contributed by atoms with Crippen molar-refractivity contribution in [2.45, 2.75) is 86.0 Å². The fourth-order valence-electron chi connectivity index (χ4n) is 6.23. The lowest BCUT2D eigenvalue weighted by atomic mass is 10.00. The molecule has 5 rings (SSSR count). The Kier molecular flexibility index (Phi) is 13.3. The lowest BCUT2D eigenvalue weighted by Crippen LogP contribution is -2.56. The van der Waals surface area contributed by atoms with Gasteiger partial charge in [-0.15, -0.1) is 0 Å². The van der Waals surface area contributed by atoms with E-state index in [4.69, 9.17) is 14.2 Å². The van der Waals surface area contributed by atoms with Crippen molar-refractivity contribution in [1.29, 1.82) is 0 Å². The van der Waals surface area contributed by atoms with Crippen LogP contribution >= 0.6 is 0 Å². The van der Waals surface area contributed by atoms with Crippen molar-refractivity contribution in [1.82, 2.24) is 41.2 Å². The number of nitrogens with one attached hydrogen (secondary N) is 6. The van der Waals surface area contributed by atoms with E-state index < -0.39 is 30.6 Å². The first-order chi connectivity index (χ1) is 25.7. The maximum absolute atomic E-state index is 13.3. The van der Waals surface area contributed by atoms with Crippen molar-refractivity contribution < 1.29 is 28.6 Å². The molecule has 0 spiro atoms. The Labute approximate surface area is 317 Å². The van der Waals surface area contributed by atoms with E-state index >= 15 is 0 Å².